The molecule has 0 aromatic heterocycles. The SMILES string of the molecule is [CH2][C@H]1CC12CC2. The van der Waals surface area contributed by atoms with Gasteiger partial charge in [-0.1, -0.05) is 0 Å². The minimum absolute atomic E-state index is 0.847. The second-order valence-electron chi connectivity index (χ2n) is 2.76. The summed E-state index contributed by atoms with van der Waals surface area (Å²) in [6.45, 7) is 3.97. The van der Waals surface area contributed by atoms with Crippen molar-refractivity contribution in [3.05, 3.63) is 6.92 Å². The molecule has 0 amide bonds. The molecule has 0 heterocycles. The van der Waals surface area contributed by atoms with Crippen molar-refractivity contribution in [1.29, 1.82) is 0 Å². The van der Waals surface area contributed by atoms with E-state index in [0.29, 0.717) is 0 Å². The highest BCUT2D eigenvalue weighted by Gasteiger charge is 2.59. The highest BCUT2D eigenvalue weighted by molar-refractivity contribution is 5.13. The largest absolute Gasteiger partial charge is 0.0496 e. The summed E-state index contributed by atoms with van der Waals surface area (Å²) < 4.78 is 0. The van der Waals surface area contributed by atoms with E-state index < -0.39 is 0 Å². The molecule has 1 atom stereocenters. The van der Waals surface area contributed by atoms with Gasteiger partial charge in [-0.3, -0.25) is 0 Å². The minimum atomic E-state index is 0.847. The third-order valence-electron chi connectivity index (χ3n) is 2.25. The fraction of sp³-hybridized carbons (Fsp3) is 0.833. The van der Waals surface area contributed by atoms with Gasteiger partial charge in [-0.05, 0) is 37.5 Å². The molecule has 6 heavy (non-hydrogen) atoms. The van der Waals surface area contributed by atoms with Gasteiger partial charge in [0.05, 0.1) is 0 Å². The molecule has 2 fully saturated rings. The zero-order valence-corrected chi connectivity index (χ0v) is 3.91. The first-order valence-corrected chi connectivity index (χ1v) is 2.67. The lowest BCUT2D eigenvalue weighted by Gasteiger charge is -1.71. The van der Waals surface area contributed by atoms with Gasteiger partial charge in [-0.2, -0.15) is 0 Å². The van der Waals surface area contributed by atoms with E-state index in [1.165, 1.54) is 19.3 Å². The molecule has 0 bridgehead atoms. The van der Waals surface area contributed by atoms with Crippen LogP contribution in [0.5, 0.6) is 0 Å². The summed E-state index contributed by atoms with van der Waals surface area (Å²) in [5.41, 5.74) is 0.847. The Labute approximate surface area is 38.6 Å². The number of rotatable bonds is 0. The third kappa shape index (κ3) is 0.184. The molecule has 1 spiro atoms. The van der Waals surface area contributed by atoms with Gasteiger partial charge in [0.2, 0.25) is 0 Å². The molecule has 0 saturated heterocycles. The monoisotopic (exact) mass is 81.1 g/mol. The van der Waals surface area contributed by atoms with Crippen molar-refractivity contribution in [3.63, 3.8) is 0 Å². The summed E-state index contributed by atoms with van der Waals surface area (Å²) >= 11 is 0. The standard InChI is InChI=1S/C6H9/c1-5-4-6(5)2-3-6/h5H,1-4H2/t5-/m0/s1. The normalized spacial score (nSPS) is 46.5. The van der Waals surface area contributed by atoms with Crippen molar-refractivity contribution in [2.24, 2.45) is 11.3 Å². The van der Waals surface area contributed by atoms with Gasteiger partial charge in [-0.15, -0.1) is 0 Å². The Bertz CT molecular complexity index is 80.0. The van der Waals surface area contributed by atoms with Gasteiger partial charge in [0.25, 0.3) is 0 Å². The molecule has 0 nitrogen and oxygen atoms in total. The van der Waals surface area contributed by atoms with Crippen molar-refractivity contribution in [2.75, 3.05) is 0 Å². The quantitative estimate of drug-likeness (QED) is 0.415. The second kappa shape index (κ2) is 0.556. The Hall–Kier alpha value is 0. The van der Waals surface area contributed by atoms with Crippen molar-refractivity contribution in [3.8, 4) is 0 Å². The van der Waals surface area contributed by atoms with Gasteiger partial charge < -0.3 is 0 Å². The number of hydrogen-bond acceptors (Lipinski definition) is 0. The Morgan fingerprint density at radius 3 is 2.00 bits per heavy atom. The van der Waals surface area contributed by atoms with E-state index in [2.05, 4.69) is 6.92 Å². The molecule has 2 aliphatic carbocycles. The summed E-state index contributed by atoms with van der Waals surface area (Å²) in [6.07, 6.45) is 4.41. The molecule has 2 rings (SSSR count). The fourth-order valence-electron chi connectivity index (χ4n) is 1.20. The Morgan fingerprint density at radius 2 is 2.00 bits per heavy atom. The van der Waals surface area contributed by atoms with Crippen molar-refractivity contribution in [1.82, 2.24) is 0 Å². The molecular weight excluding hydrogens is 72.1 g/mol. The van der Waals surface area contributed by atoms with Gasteiger partial charge in [0.1, 0.15) is 0 Å². The van der Waals surface area contributed by atoms with Crippen LogP contribution >= 0.6 is 0 Å². The smallest absolute Gasteiger partial charge is 0.0266 e. The summed E-state index contributed by atoms with van der Waals surface area (Å²) in [5.74, 6) is 0.859. The maximum absolute atomic E-state index is 3.97. The van der Waals surface area contributed by atoms with E-state index in [-0.39, 0.29) is 0 Å². The van der Waals surface area contributed by atoms with Crippen LogP contribution in [0.15, 0.2) is 0 Å². The third-order valence-corrected chi connectivity index (χ3v) is 2.25. The van der Waals surface area contributed by atoms with Crippen LogP contribution in [0, 0.1) is 18.3 Å². The van der Waals surface area contributed by atoms with E-state index >= 15 is 0 Å². The molecule has 0 aliphatic heterocycles. The summed E-state index contributed by atoms with van der Waals surface area (Å²) in [5, 5.41) is 0. The molecule has 2 saturated carbocycles. The molecule has 1 radical (unpaired) electrons. The molecule has 33 valence electrons. The van der Waals surface area contributed by atoms with E-state index in [1.807, 2.05) is 0 Å². The summed E-state index contributed by atoms with van der Waals surface area (Å²) in [7, 11) is 0. The van der Waals surface area contributed by atoms with Crippen LogP contribution < -0.4 is 0 Å². The van der Waals surface area contributed by atoms with E-state index in [9.17, 15) is 0 Å². The average Bonchev–Trinajstić information content (AvgIpc) is 2.25. The molecule has 2 aliphatic rings. The lowest BCUT2D eigenvalue weighted by molar-refractivity contribution is 0.822. The van der Waals surface area contributed by atoms with Crippen LogP contribution in [0.3, 0.4) is 0 Å². The average molecular weight is 81.1 g/mol. The van der Waals surface area contributed by atoms with Gasteiger partial charge >= 0.3 is 0 Å². The highest BCUT2D eigenvalue weighted by Crippen LogP contribution is 2.70. The highest BCUT2D eigenvalue weighted by atomic mass is 14.6. The van der Waals surface area contributed by atoms with Crippen molar-refractivity contribution >= 4 is 0 Å². The first kappa shape index (κ1) is 3.06. The van der Waals surface area contributed by atoms with Gasteiger partial charge in [0, 0.05) is 0 Å². The summed E-state index contributed by atoms with van der Waals surface area (Å²) in [6, 6.07) is 0. The zero-order valence-electron chi connectivity index (χ0n) is 3.91. The van der Waals surface area contributed by atoms with Crippen LogP contribution in [0.2, 0.25) is 0 Å². The second-order valence-corrected chi connectivity index (χ2v) is 2.76. The van der Waals surface area contributed by atoms with E-state index in [1.54, 1.807) is 0 Å². The first-order valence-electron chi connectivity index (χ1n) is 2.67. The number of hydrogen-bond donors (Lipinski definition) is 0. The molecular formula is C6H9. The Balaban J connectivity index is 2.17. The van der Waals surface area contributed by atoms with E-state index in [4.69, 9.17) is 0 Å². The molecule has 0 N–H and O–H groups in total. The van der Waals surface area contributed by atoms with Crippen LogP contribution in [-0.4, -0.2) is 0 Å². The van der Waals surface area contributed by atoms with Crippen molar-refractivity contribution in [2.45, 2.75) is 19.3 Å². The van der Waals surface area contributed by atoms with Gasteiger partial charge in [-0.25, -0.2) is 0 Å². The Morgan fingerprint density at radius 1 is 1.50 bits per heavy atom. The Kier molecular flexibility index (Phi) is 0.283. The van der Waals surface area contributed by atoms with Crippen LogP contribution in [-0.2, 0) is 0 Å². The molecule has 0 aromatic carbocycles. The lowest BCUT2D eigenvalue weighted by Crippen LogP contribution is -1.65. The topological polar surface area (TPSA) is 0 Å². The molecule has 0 unspecified atom stereocenters. The predicted molar refractivity (Wildman–Crippen MR) is 25.1 cm³/mol. The maximum Gasteiger partial charge on any atom is -0.0266 e. The van der Waals surface area contributed by atoms with E-state index in [0.717, 1.165) is 11.3 Å². The van der Waals surface area contributed by atoms with Gasteiger partial charge in [0.15, 0.2) is 0 Å². The molecule has 0 aromatic rings. The predicted octanol–water partition coefficient (Wildman–Crippen LogP) is 1.62. The van der Waals surface area contributed by atoms with Crippen LogP contribution in [0.1, 0.15) is 19.3 Å². The summed E-state index contributed by atoms with van der Waals surface area (Å²) in [4.78, 5) is 0. The maximum atomic E-state index is 3.97. The first-order chi connectivity index (χ1) is 2.83. The van der Waals surface area contributed by atoms with Crippen LogP contribution in [0.25, 0.3) is 0 Å². The molecule has 0 heteroatoms. The lowest BCUT2D eigenvalue weighted by atomic mass is 10.3. The fourth-order valence-corrected chi connectivity index (χ4v) is 1.20. The van der Waals surface area contributed by atoms with Crippen LogP contribution in [0.4, 0.5) is 0 Å². The zero-order chi connectivity index (χ0) is 4.20. The minimum Gasteiger partial charge on any atom is -0.0496 e. The van der Waals surface area contributed by atoms with Crippen molar-refractivity contribution < 1.29 is 0 Å².